The summed E-state index contributed by atoms with van der Waals surface area (Å²) in [5.74, 6) is 0.843. The summed E-state index contributed by atoms with van der Waals surface area (Å²) in [5, 5.41) is 9.47. The lowest BCUT2D eigenvalue weighted by atomic mass is 10.0. The van der Waals surface area contributed by atoms with Crippen LogP contribution in [0.25, 0.3) is 16.2 Å². The minimum Gasteiger partial charge on any atom is -0.496 e. The highest BCUT2D eigenvalue weighted by Gasteiger charge is 2.33. The summed E-state index contributed by atoms with van der Waals surface area (Å²) in [5.41, 5.74) is 3.13. The zero-order valence-electron chi connectivity index (χ0n) is 15.5. The zero-order valence-corrected chi connectivity index (χ0v) is 16.3. The van der Waals surface area contributed by atoms with Crippen molar-refractivity contribution in [3.63, 3.8) is 0 Å². The van der Waals surface area contributed by atoms with Gasteiger partial charge < -0.3 is 19.7 Å². The van der Waals surface area contributed by atoms with Crippen molar-refractivity contribution in [2.45, 2.75) is 25.5 Å². The van der Waals surface area contributed by atoms with Crippen molar-refractivity contribution >= 4 is 21.4 Å². The van der Waals surface area contributed by atoms with Gasteiger partial charge in [-0.25, -0.2) is 9.50 Å². The highest BCUT2D eigenvalue weighted by atomic mass is 32.1. The Morgan fingerprint density at radius 3 is 3.19 bits per heavy atom. The summed E-state index contributed by atoms with van der Waals surface area (Å²) in [6.45, 7) is 5.68. The quantitative estimate of drug-likeness (QED) is 0.747. The van der Waals surface area contributed by atoms with E-state index in [2.05, 4.69) is 34.3 Å². The molecule has 0 spiro atoms. The van der Waals surface area contributed by atoms with Crippen LogP contribution < -0.4 is 15.0 Å². The number of aryl methyl sites for hydroxylation is 1. The third-order valence-electron chi connectivity index (χ3n) is 5.37. The van der Waals surface area contributed by atoms with E-state index in [-0.39, 0.29) is 0 Å². The number of benzene rings is 1. The van der Waals surface area contributed by atoms with Crippen molar-refractivity contribution in [1.82, 2.24) is 19.9 Å². The van der Waals surface area contributed by atoms with E-state index in [0.29, 0.717) is 12.1 Å². The van der Waals surface area contributed by atoms with E-state index >= 15 is 0 Å². The van der Waals surface area contributed by atoms with Crippen LogP contribution in [-0.4, -0.2) is 60.1 Å². The standard InChI is InChI=1S/C19H23N5O2S/c1-12-3-4-13(17(9-12)25-2)15-10-21-18-24(15)22-19(27-18)23-7-5-16-14(11-23)20-6-8-26-16/h3-4,9-10,14,16,20H,5-8,11H2,1-2H3/t14-,16-/m1/s1. The molecule has 142 valence electrons. The van der Waals surface area contributed by atoms with Crippen LogP contribution >= 0.6 is 11.3 Å². The Balaban J connectivity index is 1.47. The summed E-state index contributed by atoms with van der Waals surface area (Å²) in [6, 6.07) is 6.58. The Hall–Kier alpha value is -2.16. The SMILES string of the molecule is COc1cc(C)ccc1-c1cnc2sc(N3CC[C@H]4OCCN[C@@H]4C3)nn12. The monoisotopic (exact) mass is 385 g/mol. The average molecular weight is 385 g/mol. The maximum atomic E-state index is 5.88. The Bertz CT molecular complexity index is 968. The zero-order chi connectivity index (χ0) is 18.4. The van der Waals surface area contributed by atoms with E-state index in [1.807, 2.05) is 16.8 Å². The number of hydrogen-bond acceptors (Lipinski definition) is 7. The Morgan fingerprint density at radius 2 is 2.30 bits per heavy atom. The molecule has 4 heterocycles. The van der Waals surface area contributed by atoms with E-state index in [4.69, 9.17) is 14.6 Å². The van der Waals surface area contributed by atoms with Crippen molar-refractivity contribution in [2.75, 3.05) is 38.3 Å². The van der Waals surface area contributed by atoms with Gasteiger partial charge in [-0.1, -0.05) is 17.4 Å². The van der Waals surface area contributed by atoms with E-state index < -0.39 is 0 Å². The molecule has 0 bridgehead atoms. The molecule has 2 atom stereocenters. The highest BCUT2D eigenvalue weighted by molar-refractivity contribution is 7.20. The number of imidazole rings is 1. The first-order chi connectivity index (χ1) is 13.2. The molecule has 27 heavy (non-hydrogen) atoms. The van der Waals surface area contributed by atoms with Gasteiger partial charge in [-0.05, 0) is 31.0 Å². The van der Waals surface area contributed by atoms with Gasteiger partial charge in [-0.15, -0.1) is 5.10 Å². The second-order valence-electron chi connectivity index (χ2n) is 7.13. The van der Waals surface area contributed by atoms with Crippen LogP contribution in [0, 0.1) is 6.92 Å². The van der Waals surface area contributed by atoms with Crippen molar-refractivity contribution in [3.8, 4) is 17.0 Å². The van der Waals surface area contributed by atoms with E-state index in [0.717, 1.165) is 59.8 Å². The molecule has 0 unspecified atom stereocenters. The molecule has 2 aliphatic rings. The molecule has 2 fully saturated rings. The first-order valence-corrected chi connectivity index (χ1v) is 10.1. The molecule has 2 saturated heterocycles. The fourth-order valence-corrected chi connectivity index (χ4v) is 4.87. The molecule has 3 aromatic rings. The van der Waals surface area contributed by atoms with E-state index in [9.17, 15) is 0 Å². The Labute approximate surface area is 161 Å². The van der Waals surface area contributed by atoms with Crippen LogP contribution in [0.15, 0.2) is 24.4 Å². The predicted molar refractivity (Wildman–Crippen MR) is 106 cm³/mol. The number of nitrogens with zero attached hydrogens (tertiary/aromatic N) is 4. The molecule has 5 rings (SSSR count). The van der Waals surface area contributed by atoms with Crippen LogP contribution in [0.2, 0.25) is 0 Å². The molecule has 2 aromatic heterocycles. The van der Waals surface area contributed by atoms with Crippen molar-refractivity contribution in [3.05, 3.63) is 30.0 Å². The summed E-state index contributed by atoms with van der Waals surface area (Å²) >= 11 is 1.63. The maximum Gasteiger partial charge on any atom is 0.214 e. The molecular formula is C19H23N5O2S. The summed E-state index contributed by atoms with van der Waals surface area (Å²) < 4.78 is 13.4. The number of ether oxygens (including phenoxy) is 2. The fourth-order valence-electron chi connectivity index (χ4n) is 3.96. The normalized spacial score (nSPS) is 22.8. The number of nitrogens with one attached hydrogen (secondary N) is 1. The van der Waals surface area contributed by atoms with Crippen molar-refractivity contribution in [2.24, 2.45) is 0 Å². The second-order valence-corrected chi connectivity index (χ2v) is 8.07. The van der Waals surface area contributed by atoms with Gasteiger partial charge in [-0.3, -0.25) is 0 Å². The topological polar surface area (TPSA) is 63.9 Å². The first-order valence-electron chi connectivity index (χ1n) is 9.32. The van der Waals surface area contributed by atoms with Crippen LogP contribution in [0.1, 0.15) is 12.0 Å². The number of aromatic nitrogens is 3. The van der Waals surface area contributed by atoms with Gasteiger partial charge >= 0.3 is 0 Å². The predicted octanol–water partition coefficient (Wildman–Crippen LogP) is 2.34. The van der Waals surface area contributed by atoms with Crippen molar-refractivity contribution in [1.29, 1.82) is 0 Å². The first kappa shape index (κ1) is 17.0. The number of hydrogen-bond donors (Lipinski definition) is 1. The second kappa shape index (κ2) is 6.78. The molecule has 1 N–H and O–H groups in total. The van der Waals surface area contributed by atoms with E-state index in [1.165, 1.54) is 5.56 Å². The summed E-state index contributed by atoms with van der Waals surface area (Å²) in [7, 11) is 1.70. The van der Waals surface area contributed by atoms with Crippen LogP contribution in [0.3, 0.4) is 0 Å². The summed E-state index contributed by atoms with van der Waals surface area (Å²) in [6.07, 6.45) is 3.22. The van der Waals surface area contributed by atoms with Gasteiger partial charge in [0.05, 0.1) is 37.8 Å². The summed E-state index contributed by atoms with van der Waals surface area (Å²) in [4.78, 5) is 7.83. The lowest BCUT2D eigenvalue weighted by Crippen LogP contribution is -2.58. The van der Waals surface area contributed by atoms with Crippen LogP contribution in [0.4, 0.5) is 5.13 Å². The van der Waals surface area contributed by atoms with Gasteiger partial charge in [0, 0.05) is 25.2 Å². The molecule has 0 aliphatic carbocycles. The number of morpholine rings is 1. The molecule has 7 nitrogen and oxygen atoms in total. The van der Waals surface area contributed by atoms with Gasteiger partial charge in [0.2, 0.25) is 10.1 Å². The minimum absolute atomic E-state index is 0.325. The third kappa shape index (κ3) is 2.97. The molecule has 8 heteroatoms. The van der Waals surface area contributed by atoms with Gasteiger partial charge in [0.25, 0.3) is 0 Å². The van der Waals surface area contributed by atoms with Crippen LogP contribution in [0.5, 0.6) is 5.75 Å². The highest BCUT2D eigenvalue weighted by Crippen LogP contribution is 2.34. The maximum absolute atomic E-state index is 5.88. The molecule has 0 saturated carbocycles. The van der Waals surface area contributed by atoms with Crippen molar-refractivity contribution < 1.29 is 9.47 Å². The number of rotatable bonds is 3. The fraction of sp³-hybridized carbons (Fsp3) is 0.474. The largest absolute Gasteiger partial charge is 0.496 e. The molecule has 1 aromatic carbocycles. The smallest absolute Gasteiger partial charge is 0.214 e. The third-order valence-corrected chi connectivity index (χ3v) is 6.35. The lowest BCUT2D eigenvalue weighted by molar-refractivity contribution is -0.0135. The lowest BCUT2D eigenvalue weighted by Gasteiger charge is -2.41. The number of piperidine rings is 1. The Kier molecular flexibility index (Phi) is 4.26. The molecule has 0 radical (unpaired) electrons. The van der Waals surface area contributed by atoms with E-state index in [1.54, 1.807) is 18.4 Å². The molecular weight excluding hydrogens is 362 g/mol. The average Bonchev–Trinajstić information content (AvgIpc) is 3.28. The molecule has 0 amide bonds. The van der Waals surface area contributed by atoms with Gasteiger partial charge in [-0.2, -0.15) is 0 Å². The van der Waals surface area contributed by atoms with Gasteiger partial charge in [0.1, 0.15) is 5.75 Å². The van der Waals surface area contributed by atoms with Crippen LogP contribution in [-0.2, 0) is 4.74 Å². The number of anilines is 1. The number of fused-ring (bicyclic) bond motifs is 2. The Morgan fingerprint density at radius 1 is 1.37 bits per heavy atom. The number of methoxy groups -OCH3 is 1. The van der Waals surface area contributed by atoms with Gasteiger partial charge in [0.15, 0.2) is 0 Å². The minimum atomic E-state index is 0.325. The molecule has 2 aliphatic heterocycles.